The summed E-state index contributed by atoms with van der Waals surface area (Å²) in [6, 6.07) is 0. The van der Waals surface area contributed by atoms with Crippen molar-refractivity contribution in [3.63, 3.8) is 0 Å². The fourth-order valence-electron chi connectivity index (χ4n) is 3.11. The van der Waals surface area contributed by atoms with Crippen LogP contribution in [-0.2, 0) is 24.3 Å². The van der Waals surface area contributed by atoms with Gasteiger partial charge in [0.25, 0.3) is 0 Å². The molecule has 0 aliphatic carbocycles. The fraction of sp³-hybridized carbons (Fsp3) is 0.588. The molecule has 0 bridgehead atoms. The average Bonchev–Trinajstić information content (AvgIpc) is 3.10. The molecule has 0 saturated carbocycles. The second kappa shape index (κ2) is 7.90. The lowest BCUT2D eigenvalue weighted by atomic mass is 10.3. The molecule has 130 valence electrons. The molecule has 1 aliphatic rings. The first-order chi connectivity index (χ1) is 11.7. The quantitative estimate of drug-likeness (QED) is 0.829. The molecule has 2 aromatic heterocycles. The minimum atomic E-state index is 0.192. The monoisotopic (exact) mass is 347 g/mol. The Kier molecular flexibility index (Phi) is 5.63. The highest BCUT2D eigenvalue weighted by Gasteiger charge is 2.20. The summed E-state index contributed by atoms with van der Waals surface area (Å²) in [5, 5.41) is 3.01. The van der Waals surface area contributed by atoms with Gasteiger partial charge in [-0.3, -0.25) is 9.69 Å². The zero-order valence-corrected chi connectivity index (χ0v) is 15.3. The maximum Gasteiger partial charge on any atom is 0.228 e. The molecule has 3 rings (SSSR count). The molecule has 6 nitrogen and oxygen atoms in total. The van der Waals surface area contributed by atoms with Gasteiger partial charge in [-0.15, -0.1) is 11.3 Å². The van der Waals surface area contributed by atoms with Crippen LogP contribution >= 0.6 is 11.3 Å². The topological polar surface area (TPSA) is 54.3 Å². The molecular formula is C17H25N5OS. The average molecular weight is 347 g/mol. The summed E-state index contributed by atoms with van der Waals surface area (Å²) in [7, 11) is 0. The summed E-state index contributed by atoms with van der Waals surface area (Å²) < 4.78 is 2.18. The molecule has 1 saturated heterocycles. The first-order valence-corrected chi connectivity index (χ1v) is 9.45. The Hall–Kier alpha value is -1.73. The smallest absolute Gasteiger partial charge is 0.228 e. The zero-order chi connectivity index (χ0) is 16.9. The molecule has 0 radical (unpaired) electrons. The highest BCUT2D eigenvalue weighted by Crippen LogP contribution is 2.12. The summed E-state index contributed by atoms with van der Waals surface area (Å²) in [5.41, 5.74) is 0.897. The van der Waals surface area contributed by atoms with Crippen LogP contribution in [-0.4, -0.2) is 56.4 Å². The van der Waals surface area contributed by atoms with E-state index in [2.05, 4.69) is 26.4 Å². The summed E-state index contributed by atoms with van der Waals surface area (Å²) in [4.78, 5) is 25.8. The van der Waals surface area contributed by atoms with Crippen LogP contribution in [0.4, 0.5) is 0 Å². The van der Waals surface area contributed by atoms with Crippen molar-refractivity contribution in [1.29, 1.82) is 0 Å². The Morgan fingerprint density at radius 2 is 2.17 bits per heavy atom. The molecule has 1 fully saturated rings. The molecule has 0 aromatic carbocycles. The van der Waals surface area contributed by atoms with E-state index in [1.54, 1.807) is 11.3 Å². The number of amides is 1. The Balaban J connectivity index is 1.53. The van der Waals surface area contributed by atoms with Crippen molar-refractivity contribution in [1.82, 2.24) is 24.3 Å². The summed E-state index contributed by atoms with van der Waals surface area (Å²) in [6.45, 7) is 9.44. The lowest BCUT2D eigenvalue weighted by molar-refractivity contribution is -0.130. The van der Waals surface area contributed by atoms with E-state index < -0.39 is 0 Å². The Bertz CT molecular complexity index is 680. The van der Waals surface area contributed by atoms with E-state index >= 15 is 0 Å². The minimum Gasteiger partial charge on any atom is -0.341 e. The van der Waals surface area contributed by atoms with Crippen LogP contribution in [0.15, 0.2) is 17.8 Å². The molecule has 0 spiro atoms. The van der Waals surface area contributed by atoms with Gasteiger partial charge in [-0.1, -0.05) is 0 Å². The molecule has 0 N–H and O–H groups in total. The van der Waals surface area contributed by atoms with Gasteiger partial charge in [-0.2, -0.15) is 0 Å². The van der Waals surface area contributed by atoms with Crippen molar-refractivity contribution in [3.8, 4) is 0 Å². The van der Waals surface area contributed by atoms with Gasteiger partial charge < -0.3 is 9.47 Å². The van der Waals surface area contributed by atoms with Crippen molar-refractivity contribution in [2.24, 2.45) is 0 Å². The van der Waals surface area contributed by atoms with Gasteiger partial charge in [-0.25, -0.2) is 9.97 Å². The van der Waals surface area contributed by atoms with E-state index in [0.29, 0.717) is 6.42 Å². The van der Waals surface area contributed by atoms with E-state index in [4.69, 9.17) is 0 Å². The van der Waals surface area contributed by atoms with Crippen LogP contribution in [0.5, 0.6) is 0 Å². The SMILES string of the molecule is CCn1ccnc1CN1CCCN(C(=O)Cc2csc(C)n2)CC1. The minimum absolute atomic E-state index is 0.192. The molecule has 0 unspecified atom stereocenters. The van der Waals surface area contributed by atoms with Gasteiger partial charge in [0.05, 0.1) is 23.7 Å². The maximum absolute atomic E-state index is 12.5. The van der Waals surface area contributed by atoms with Crippen LogP contribution in [0.25, 0.3) is 0 Å². The van der Waals surface area contributed by atoms with Crippen LogP contribution in [0, 0.1) is 6.92 Å². The van der Waals surface area contributed by atoms with Gasteiger partial charge in [0, 0.05) is 50.5 Å². The second-order valence-electron chi connectivity index (χ2n) is 6.17. The molecule has 3 heterocycles. The predicted octanol–water partition coefficient (Wildman–Crippen LogP) is 1.94. The van der Waals surface area contributed by atoms with Gasteiger partial charge in [0.1, 0.15) is 5.82 Å². The number of aromatic nitrogens is 3. The van der Waals surface area contributed by atoms with Crippen molar-refractivity contribution < 1.29 is 4.79 Å². The summed E-state index contributed by atoms with van der Waals surface area (Å²) >= 11 is 1.60. The van der Waals surface area contributed by atoms with E-state index in [0.717, 1.165) is 62.2 Å². The van der Waals surface area contributed by atoms with Gasteiger partial charge in [0.15, 0.2) is 0 Å². The molecule has 24 heavy (non-hydrogen) atoms. The second-order valence-corrected chi connectivity index (χ2v) is 7.24. The number of nitrogens with zero attached hydrogens (tertiary/aromatic N) is 5. The van der Waals surface area contributed by atoms with Crippen LogP contribution in [0.2, 0.25) is 0 Å². The molecule has 7 heteroatoms. The first-order valence-electron chi connectivity index (χ1n) is 8.57. The molecule has 1 amide bonds. The lowest BCUT2D eigenvalue weighted by Crippen LogP contribution is -2.36. The third-order valence-corrected chi connectivity index (χ3v) is 5.27. The number of rotatable bonds is 5. The highest BCUT2D eigenvalue weighted by molar-refractivity contribution is 7.09. The fourth-order valence-corrected chi connectivity index (χ4v) is 3.73. The Morgan fingerprint density at radius 3 is 2.92 bits per heavy atom. The van der Waals surface area contributed by atoms with Crippen molar-refractivity contribution in [2.45, 2.75) is 39.8 Å². The maximum atomic E-state index is 12.5. The van der Waals surface area contributed by atoms with E-state index in [1.807, 2.05) is 29.6 Å². The third kappa shape index (κ3) is 4.21. The number of hydrogen-bond acceptors (Lipinski definition) is 5. The normalized spacial score (nSPS) is 16.3. The van der Waals surface area contributed by atoms with Gasteiger partial charge in [0.2, 0.25) is 5.91 Å². The standard InChI is InChI=1S/C17H25N5OS/c1-3-21-8-5-18-16(21)12-20-6-4-7-22(10-9-20)17(23)11-15-13-24-14(2)19-15/h5,8,13H,3-4,6-7,9-12H2,1-2H3. The van der Waals surface area contributed by atoms with Gasteiger partial charge in [-0.05, 0) is 20.3 Å². The predicted molar refractivity (Wildman–Crippen MR) is 94.9 cm³/mol. The molecule has 2 aromatic rings. The van der Waals surface area contributed by atoms with E-state index in [9.17, 15) is 4.79 Å². The highest BCUT2D eigenvalue weighted by atomic mass is 32.1. The number of carbonyl (C=O) groups excluding carboxylic acids is 1. The Labute approximate surface area is 147 Å². The number of carbonyl (C=O) groups is 1. The van der Waals surface area contributed by atoms with Crippen molar-refractivity contribution in [3.05, 3.63) is 34.3 Å². The first kappa shape index (κ1) is 17.1. The van der Waals surface area contributed by atoms with E-state index in [1.165, 1.54) is 0 Å². The molecular weight excluding hydrogens is 322 g/mol. The van der Waals surface area contributed by atoms with Gasteiger partial charge >= 0.3 is 0 Å². The number of thiazole rings is 1. The van der Waals surface area contributed by atoms with Crippen LogP contribution < -0.4 is 0 Å². The Morgan fingerprint density at radius 1 is 1.29 bits per heavy atom. The van der Waals surface area contributed by atoms with Crippen molar-refractivity contribution >= 4 is 17.2 Å². The number of hydrogen-bond donors (Lipinski definition) is 0. The largest absolute Gasteiger partial charge is 0.341 e. The lowest BCUT2D eigenvalue weighted by Gasteiger charge is -2.22. The van der Waals surface area contributed by atoms with Crippen LogP contribution in [0.3, 0.4) is 0 Å². The van der Waals surface area contributed by atoms with Crippen LogP contribution in [0.1, 0.15) is 29.9 Å². The summed E-state index contributed by atoms with van der Waals surface area (Å²) in [6.07, 6.45) is 5.32. The third-order valence-electron chi connectivity index (χ3n) is 4.45. The number of aryl methyl sites for hydroxylation is 2. The zero-order valence-electron chi connectivity index (χ0n) is 14.4. The van der Waals surface area contributed by atoms with Crippen molar-refractivity contribution in [2.75, 3.05) is 26.2 Å². The molecule has 1 aliphatic heterocycles. The van der Waals surface area contributed by atoms with E-state index in [-0.39, 0.29) is 5.91 Å². The summed E-state index contributed by atoms with van der Waals surface area (Å²) in [5.74, 6) is 1.30. The molecule has 0 atom stereocenters. The number of imidazole rings is 1.